The van der Waals surface area contributed by atoms with E-state index < -0.39 is 62.0 Å². The summed E-state index contributed by atoms with van der Waals surface area (Å²) >= 11 is 0. The maximum absolute atomic E-state index is 13.8. The Hall–Kier alpha value is -5.39. The number of benzene rings is 5. The molecule has 0 spiro atoms. The van der Waals surface area contributed by atoms with Crippen molar-refractivity contribution in [3.8, 4) is 0 Å². The van der Waals surface area contributed by atoms with Crippen LogP contribution in [0, 0.1) is 0 Å². The van der Waals surface area contributed by atoms with Gasteiger partial charge in [0, 0.05) is 0 Å². The molecule has 1 aliphatic heterocycles. The molecule has 0 radical (unpaired) electrons. The molecule has 1 N–H and O–H groups in total. The maximum atomic E-state index is 13.8. The zero-order valence-corrected chi connectivity index (χ0v) is 30.7. The lowest BCUT2D eigenvalue weighted by atomic mass is 9.98. The monoisotopic (exact) mass is 730 g/mol. The predicted octanol–water partition coefficient (Wildman–Crippen LogP) is 5.96. The third-order valence-corrected chi connectivity index (χ3v) is 14.3. The Bertz CT molecular complexity index is 1910. The van der Waals surface area contributed by atoms with Crippen molar-refractivity contribution in [2.24, 2.45) is 0 Å². The first kappa shape index (κ1) is 37.4. The quantitative estimate of drug-likeness (QED) is 0.0999. The van der Waals surface area contributed by atoms with Crippen LogP contribution in [0.1, 0.15) is 51.8 Å². The SMILES string of the molecule is CC(C)(C)[Si](OC[C@H]1O[C@H](O)[C@H](OC(=O)c2ccccc2)[C@@H](OC(=O)c2ccccc2)[C@@H]1OC(=O)c1ccccc1)(c1ccccc1)c1ccccc1. The van der Waals surface area contributed by atoms with E-state index in [1.165, 1.54) is 0 Å². The standard InChI is InChI=1S/C43H42O9Si/c1-43(2,3)53(33-25-15-7-16-26-33,34-27-17-8-18-28-34)48-29-35-36(50-39(44)30-19-9-4-10-20-30)37(51-40(45)31-21-11-5-12-22-31)38(42(47)49-35)52-41(46)32-23-13-6-14-24-32/h4-28,35-38,42,47H,29H2,1-3H3/t35-,36-,37+,38-,42+/m1/s1. The number of hydrogen-bond acceptors (Lipinski definition) is 9. The molecule has 1 heterocycles. The molecule has 0 aliphatic carbocycles. The summed E-state index contributed by atoms with van der Waals surface area (Å²) in [6.45, 7) is 6.17. The second-order valence-corrected chi connectivity index (χ2v) is 18.1. The van der Waals surface area contributed by atoms with E-state index in [4.69, 9.17) is 23.4 Å². The number of rotatable bonds is 11. The van der Waals surface area contributed by atoms with Crippen molar-refractivity contribution in [1.29, 1.82) is 0 Å². The maximum Gasteiger partial charge on any atom is 0.338 e. The molecule has 0 aromatic heterocycles. The zero-order chi connectivity index (χ0) is 37.4. The third-order valence-electron chi connectivity index (χ3n) is 9.25. The highest BCUT2D eigenvalue weighted by atomic mass is 28.4. The molecule has 5 aromatic rings. The number of esters is 3. The van der Waals surface area contributed by atoms with Crippen molar-refractivity contribution in [2.45, 2.75) is 56.5 Å². The van der Waals surface area contributed by atoms with Gasteiger partial charge in [-0.15, -0.1) is 0 Å². The first-order valence-electron chi connectivity index (χ1n) is 17.4. The third kappa shape index (κ3) is 8.32. The number of carbonyl (C=O) groups excluding carboxylic acids is 3. The van der Waals surface area contributed by atoms with Crippen LogP contribution in [0.15, 0.2) is 152 Å². The van der Waals surface area contributed by atoms with Crippen LogP contribution in [0.2, 0.25) is 5.04 Å². The van der Waals surface area contributed by atoms with E-state index in [2.05, 4.69) is 20.8 Å². The van der Waals surface area contributed by atoms with Crippen LogP contribution >= 0.6 is 0 Å². The number of aliphatic hydroxyl groups is 1. The van der Waals surface area contributed by atoms with E-state index in [1.807, 2.05) is 60.7 Å². The highest BCUT2D eigenvalue weighted by Gasteiger charge is 2.55. The van der Waals surface area contributed by atoms with Gasteiger partial charge in [-0.25, -0.2) is 14.4 Å². The van der Waals surface area contributed by atoms with E-state index in [9.17, 15) is 19.5 Å². The number of carbonyl (C=O) groups is 3. The van der Waals surface area contributed by atoms with Gasteiger partial charge in [0.2, 0.25) is 0 Å². The lowest BCUT2D eigenvalue weighted by molar-refractivity contribution is -0.283. The minimum atomic E-state index is -3.18. The molecule has 1 fully saturated rings. The molecule has 10 heteroatoms. The molecule has 0 amide bonds. The fraction of sp³-hybridized carbons (Fsp3) is 0.233. The molecular weight excluding hydrogens is 689 g/mol. The Kier molecular flexibility index (Phi) is 11.6. The molecule has 0 saturated carbocycles. The summed E-state index contributed by atoms with van der Waals surface area (Å²) in [6.07, 6.45) is -7.48. The van der Waals surface area contributed by atoms with Crippen molar-refractivity contribution >= 4 is 36.6 Å². The van der Waals surface area contributed by atoms with Gasteiger partial charge in [0.1, 0.15) is 6.10 Å². The highest BCUT2D eigenvalue weighted by Crippen LogP contribution is 2.38. The van der Waals surface area contributed by atoms with Gasteiger partial charge >= 0.3 is 17.9 Å². The molecule has 6 rings (SSSR count). The Morgan fingerprint density at radius 1 is 0.547 bits per heavy atom. The summed E-state index contributed by atoms with van der Waals surface area (Å²) in [5.41, 5.74) is 0.633. The van der Waals surface area contributed by atoms with Crippen LogP contribution in [0.5, 0.6) is 0 Å². The molecule has 0 bridgehead atoms. The minimum absolute atomic E-state index is 0.185. The highest BCUT2D eigenvalue weighted by molar-refractivity contribution is 6.99. The van der Waals surface area contributed by atoms with E-state index in [0.717, 1.165) is 10.4 Å². The van der Waals surface area contributed by atoms with Crippen LogP contribution in [0.4, 0.5) is 0 Å². The van der Waals surface area contributed by atoms with E-state index in [0.29, 0.717) is 0 Å². The van der Waals surface area contributed by atoms with E-state index in [1.54, 1.807) is 91.0 Å². The van der Waals surface area contributed by atoms with Crippen molar-refractivity contribution in [3.05, 3.63) is 168 Å². The summed E-state index contributed by atoms with van der Waals surface area (Å²) in [5.74, 6) is -2.31. The van der Waals surface area contributed by atoms with Gasteiger partial charge in [-0.2, -0.15) is 0 Å². The molecule has 0 unspecified atom stereocenters. The molecule has 5 aromatic carbocycles. The normalized spacial score (nSPS) is 20.2. The van der Waals surface area contributed by atoms with Gasteiger partial charge in [-0.1, -0.05) is 136 Å². The van der Waals surface area contributed by atoms with Crippen molar-refractivity contribution in [1.82, 2.24) is 0 Å². The number of ether oxygens (including phenoxy) is 4. The molecular formula is C43H42O9Si. The van der Waals surface area contributed by atoms with Crippen LogP contribution < -0.4 is 10.4 Å². The second-order valence-electron chi connectivity index (χ2n) is 13.7. The van der Waals surface area contributed by atoms with Gasteiger partial charge in [0.15, 0.2) is 24.6 Å². The average Bonchev–Trinajstić information content (AvgIpc) is 3.18. The van der Waals surface area contributed by atoms with Crippen LogP contribution in [-0.4, -0.2) is 68.6 Å². The zero-order valence-electron chi connectivity index (χ0n) is 29.7. The lowest BCUT2D eigenvalue weighted by Crippen LogP contribution is -2.68. The van der Waals surface area contributed by atoms with Crippen molar-refractivity contribution < 1.29 is 42.9 Å². The fourth-order valence-electron chi connectivity index (χ4n) is 6.70. The first-order valence-corrected chi connectivity index (χ1v) is 19.4. The van der Waals surface area contributed by atoms with Gasteiger partial charge in [0.05, 0.1) is 23.3 Å². The molecule has 9 nitrogen and oxygen atoms in total. The van der Waals surface area contributed by atoms with Crippen LogP contribution in [0.25, 0.3) is 0 Å². The van der Waals surface area contributed by atoms with Crippen molar-refractivity contribution in [3.63, 3.8) is 0 Å². The summed E-state index contributed by atoms with van der Waals surface area (Å²) < 4.78 is 31.4. The van der Waals surface area contributed by atoms with Gasteiger partial charge in [-0.05, 0) is 51.8 Å². The summed E-state index contributed by atoms with van der Waals surface area (Å²) in [5, 5.41) is 13.2. The molecule has 1 saturated heterocycles. The van der Waals surface area contributed by atoms with Crippen molar-refractivity contribution in [2.75, 3.05) is 6.61 Å². The number of aliphatic hydroxyl groups excluding tert-OH is 1. The largest absolute Gasteiger partial charge is 0.452 e. The van der Waals surface area contributed by atoms with Gasteiger partial charge in [0.25, 0.3) is 8.32 Å². The van der Waals surface area contributed by atoms with Crippen LogP contribution in [0.3, 0.4) is 0 Å². The van der Waals surface area contributed by atoms with E-state index in [-0.39, 0.29) is 23.3 Å². The summed E-state index contributed by atoms with van der Waals surface area (Å²) in [7, 11) is -3.18. The topological polar surface area (TPSA) is 118 Å². The summed E-state index contributed by atoms with van der Waals surface area (Å²) in [6, 6.07) is 44.6. The molecule has 1 aliphatic rings. The Balaban J connectivity index is 1.43. The number of hydrogen-bond donors (Lipinski definition) is 1. The first-order chi connectivity index (χ1) is 25.6. The fourth-order valence-corrected chi connectivity index (χ4v) is 11.3. The second kappa shape index (κ2) is 16.5. The minimum Gasteiger partial charge on any atom is -0.452 e. The Labute approximate surface area is 310 Å². The van der Waals surface area contributed by atoms with Gasteiger partial charge in [-0.3, -0.25) is 0 Å². The predicted molar refractivity (Wildman–Crippen MR) is 201 cm³/mol. The summed E-state index contributed by atoms with van der Waals surface area (Å²) in [4.78, 5) is 40.9. The molecule has 272 valence electrons. The average molecular weight is 731 g/mol. The Morgan fingerprint density at radius 2 is 0.887 bits per heavy atom. The smallest absolute Gasteiger partial charge is 0.338 e. The molecule has 5 atom stereocenters. The lowest BCUT2D eigenvalue weighted by Gasteiger charge is -2.46. The van der Waals surface area contributed by atoms with E-state index >= 15 is 0 Å². The Morgan fingerprint density at radius 3 is 1.26 bits per heavy atom. The van der Waals surface area contributed by atoms with Crippen LogP contribution in [-0.2, 0) is 23.4 Å². The van der Waals surface area contributed by atoms with Gasteiger partial charge < -0.3 is 28.5 Å². The molecule has 53 heavy (non-hydrogen) atoms.